The van der Waals surface area contributed by atoms with Gasteiger partial charge in [0.15, 0.2) is 0 Å². The molecule has 0 atom stereocenters. The van der Waals surface area contributed by atoms with Crippen LogP contribution in [0.2, 0.25) is 5.02 Å². The van der Waals surface area contributed by atoms with Crippen molar-refractivity contribution in [3.05, 3.63) is 64.3 Å². The van der Waals surface area contributed by atoms with E-state index in [-0.39, 0.29) is 0 Å². The Kier molecular flexibility index (Phi) is 3.78. The van der Waals surface area contributed by atoms with Gasteiger partial charge in [-0.2, -0.15) is 0 Å². The number of nitrogens with one attached hydrogen (secondary N) is 1. The van der Waals surface area contributed by atoms with E-state index >= 15 is 0 Å². The first kappa shape index (κ1) is 12.6. The fourth-order valence-electron chi connectivity index (χ4n) is 1.99. The predicted molar refractivity (Wildman–Crippen MR) is 81.6 cm³/mol. The van der Waals surface area contributed by atoms with Crippen LogP contribution >= 0.6 is 22.9 Å². The zero-order valence-electron chi connectivity index (χ0n) is 10.3. The zero-order chi connectivity index (χ0) is 13.1. The number of nitrogens with zero attached hydrogens (tertiary/aromatic N) is 1. The molecule has 0 aliphatic rings. The van der Waals surface area contributed by atoms with Crippen LogP contribution in [0.1, 0.15) is 10.6 Å². The van der Waals surface area contributed by atoms with Gasteiger partial charge in [0.2, 0.25) is 0 Å². The van der Waals surface area contributed by atoms with Gasteiger partial charge in [-0.25, -0.2) is 0 Å². The van der Waals surface area contributed by atoms with Gasteiger partial charge in [0, 0.05) is 34.2 Å². The number of aromatic nitrogens is 1. The highest BCUT2D eigenvalue weighted by molar-refractivity contribution is 7.19. The van der Waals surface area contributed by atoms with Gasteiger partial charge in [-0.05, 0) is 18.2 Å². The Bertz CT molecular complexity index is 679. The highest BCUT2D eigenvalue weighted by atomic mass is 35.5. The van der Waals surface area contributed by atoms with Crippen molar-refractivity contribution < 1.29 is 0 Å². The van der Waals surface area contributed by atoms with Crippen LogP contribution in [0.25, 0.3) is 10.1 Å². The molecule has 3 aromatic rings. The largest absolute Gasteiger partial charge is 0.306 e. The molecule has 0 radical (unpaired) electrons. The molecule has 0 aliphatic carbocycles. The van der Waals surface area contributed by atoms with Gasteiger partial charge >= 0.3 is 0 Å². The summed E-state index contributed by atoms with van der Waals surface area (Å²) >= 11 is 8.14. The van der Waals surface area contributed by atoms with Crippen molar-refractivity contribution in [3.8, 4) is 0 Å². The molecule has 0 amide bonds. The first-order valence-electron chi connectivity index (χ1n) is 6.11. The molecule has 0 aliphatic heterocycles. The van der Waals surface area contributed by atoms with Crippen molar-refractivity contribution in [1.29, 1.82) is 0 Å². The van der Waals surface area contributed by atoms with Crippen LogP contribution in [-0.2, 0) is 13.1 Å². The average molecular weight is 289 g/mol. The molecule has 0 unspecified atom stereocenters. The number of hydrogen-bond donors (Lipinski definition) is 1. The Balaban J connectivity index is 1.70. The summed E-state index contributed by atoms with van der Waals surface area (Å²) in [6, 6.07) is 14.2. The minimum Gasteiger partial charge on any atom is -0.306 e. The first-order valence-corrected chi connectivity index (χ1v) is 7.30. The standard InChI is InChI=1S/C15H13ClN2S/c16-15-12-6-1-2-7-13(12)19-14(15)10-17-9-11-5-3-4-8-18-11/h1-8,17H,9-10H2. The highest BCUT2D eigenvalue weighted by Gasteiger charge is 2.09. The molecule has 0 fully saturated rings. The Labute approximate surface area is 121 Å². The number of halogens is 1. The van der Waals surface area contributed by atoms with E-state index in [0.717, 1.165) is 29.2 Å². The fourth-order valence-corrected chi connectivity index (χ4v) is 3.45. The lowest BCUT2D eigenvalue weighted by Gasteiger charge is -2.02. The number of hydrogen-bond acceptors (Lipinski definition) is 3. The van der Waals surface area contributed by atoms with Gasteiger partial charge < -0.3 is 5.32 Å². The van der Waals surface area contributed by atoms with Gasteiger partial charge in [0.05, 0.1) is 10.7 Å². The van der Waals surface area contributed by atoms with Crippen LogP contribution < -0.4 is 5.32 Å². The van der Waals surface area contributed by atoms with E-state index in [2.05, 4.69) is 22.4 Å². The summed E-state index contributed by atoms with van der Waals surface area (Å²) in [6.07, 6.45) is 1.81. The summed E-state index contributed by atoms with van der Waals surface area (Å²) in [5, 5.41) is 5.40. The molecule has 2 nitrogen and oxygen atoms in total. The van der Waals surface area contributed by atoms with Gasteiger partial charge in [0.25, 0.3) is 0 Å². The van der Waals surface area contributed by atoms with Crippen molar-refractivity contribution in [2.45, 2.75) is 13.1 Å². The van der Waals surface area contributed by atoms with Crippen LogP contribution in [0.3, 0.4) is 0 Å². The first-order chi connectivity index (χ1) is 9.34. The van der Waals surface area contributed by atoms with Crippen LogP contribution in [-0.4, -0.2) is 4.98 Å². The Morgan fingerprint density at radius 1 is 1.05 bits per heavy atom. The van der Waals surface area contributed by atoms with E-state index in [1.165, 1.54) is 9.58 Å². The molecule has 0 saturated carbocycles. The molecule has 0 spiro atoms. The lowest BCUT2D eigenvalue weighted by atomic mass is 10.2. The topological polar surface area (TPSA) is 24.9 Å². The average Bonchev–Trinajstić information content (AvgIpc) is 2.78. The molecule has 2 heterocycles. The summed E-state index contributed by atoms with van der Waals surface area (Å²) in [6.45, 7) is 1.53. The maximum Gasteiger partial charge on any atom is 0.0636 e. The van der Waals surface area contributed by atoms with Gasteiger partial charge in [-0.3, -0.25) is 4.98 Å². The van der Waals surface area contributed by atoms with Crippen LogP contribution in [0.5, 0.6) is 0 Å². The van der Waals surface area contributed by atoms with Crippen LogP contribution in [0, 0.1) is 0 Å². The van der Waals surface area contributed by atoms with E-state index < -0.39 is 0 Å². The Morgan fingerprint density at radius 2 is 1.89 bits per heavy atom. The molecule has 1 aromatic carbocycles. The second kappa shape index (κ2) is 5.70. The third-order valence-electron chi connectivity index (χ3n) is 2.92. The van der Waals surface area contributed by atoms with Gasteiger partial charge in [0.1, 0.15) is 0 Å². The van der Waals surface area contributed by atoms with Crippen molar-refractivity contribution in [2.24, 2.45) is 0 Å². The molecule has 96 valence electrons. The van der Waals surface area contributed by atoms with Crippen molar-refractivity contribution in [2.75, 3.05) is 0 Å². The maximum absolute atomic E-state index is 6.39. The summed E-state index contributed by atoms with van der Waals surface area (Å²) < 4.78 is 1.24. The van der Waals surface area contributed by atoms with E-state index in [1.807, 2.05) is 36.5 Å². The number of pyridine rings is 1. The van der Waals surface area contributed by atoms with Crippen molar-refractivity contribution in [1.82, 2.24) is 10.3 Å². The minimum atomic E-state index is 0.755. The Morgan fingerprint density at radius 3 is 2.68 bits per heavy atom. The summed E-state index contributed by atoms with van der Waals surface area (Å²) in [5.74, 6) is 0. The lowest BCUT2D eigenvalue weighted by molar-refractivity contribution is 0.687. The summed E-state index contributed by atoms with van der Waals surface area (Å²) in [4.78, 5) is 5.46. The third kappa shape index (κ3) is 2.78. The smallest absolute Gasteiger partial charge is 0.0636 e. The van der Waals surface area contributed by atoms with Crippen molar-refractivity contribution >= 4 is 33.0 Å². The quantitative estimate of drug-likeness (QED) is 0.777. The predicted octanol–water partition coefficient (Wildman–Crippen LogP) is 4.24. The molecule has 3 rings (SSSR count). The number of benzene rings is 1. The molecule has 0 bridgehead atoms. The molecule has 2 aromatic heterocycles. The number of thiophene rings is 1. The van der Waals surface area contributed by atoms with Crippen LogP contribution in [0.15, 0.2) is 48.7 Å². The Hall–Kier alpha value is -1.42. The monoisotopic (exact) mass is 288 g/mol. The lowest BCUT2D eigenvalue weighted by Crippen LogP contribution is -2.12. The zero-order valence-corrected chi connectivity index (χ0v) is 11.8. The summed E-state index contributed by atoms with van der Waals surface area (Å²) in [5.41, 5.74) is 1.04. The summed E-state index contributed by atoms with van der Waals surface area (Å²) in [7, 11) is 0. The highest BCUT2D eigenvalue weighted by Crippen LogP contribution is 2.34. The molecular weight excluding hydrogens is 276 g/mol. The van der Waals surface area contributed by atoms with Crippen molar-refractivity contribution in [3.63, 3.8) is 0 Å². The third-order valence-corrected chi connectivity index (χ3v) is 4.63. The van der Waals surface area contributed by atoms with E-state index in [0.29, 0.717) is 0 Å². The van der Waals surface area contributed by atoms with E-state index in [4.69, 9.17) is 11.6 Å². The molecule has 19 heavy (non-hydrogen) atoms. The maximum atomic E-state index is 6.39. The van der Waals surface area contributed by atoms with E-state index in [9.17, 15) is 0 Å². The van der Waals surface area contributed by atoms with Crippen LogP contribution in [0.4, 0.5) is 0 Å². The second-order valence-corrected chi connectivity index (χ2v) is 5.77. The van der Waals surface area contributed by atoms with Gasteiger partial charge in [-0.15, -0.1) is 11.3 Å². The fraction of sp³-hybridized carbons (Fsp3) is 0.133. The minimum absolute atomic E-state index is 0.755. The molecule has 1 N–H and O–H groups in total. The SMILES string of the molecule is Clc1c(CNCc2ccccn2)sc2ccccc12. The number of rotatable bonds is 4. The molecular formula is C15H13ClN2S. The second-order valence-electron chi connectivity index (χ2n) is 4.26. The van der Waals surface area contributed by atoms with E-state index in [1.54, 1.807) is 11.3 Å². The molecule has 0 saturated heterocycles. The normalized spacial score (nSPS) is 11.0. The van der Waals surface area contributed by atoms with Gasteiger partial charge in [-0.1, -0.05) is 35.9 Å². The molecule has 4 heteroatoms. The number of fused-ring (bicyclic) bond motifs is 1.